The Morgan fingerprint density at radius 2 is 2.12 bits per heavy atom. The fourth-order valence-corrected chi connectivity index (χ4v) is 2.62. The average Bonchev–Trinajstić information content (AvgIpc) is 2.35. The summed E-state index contributed by atoms with van der Waals surface area (Å²) in [4.78, 5) is 0. The standard InChI is InChI=1S/C14H22OSi/c1-3-11-15-14(10-12-16-4-2)13-8-6-5-7-9-13/h4-9,14H,2-3,10-12,16H2,1H3. The van der Waals surface area contributed by atoms with E-state index in [1.807, 2.05) is 0 Å². The van der Waals surface area contributed by atoms with Crippen molar-refractivity contribution in [1.29, 1.82) is 0 Å². The molecule has 1 aromatic carbocycles. The van der Waals surface area contributed by atoms with E-state index < -0.39 is 0 Å². The van der Waals surface area contributed by atoms with Crippen molar-refractivity contribution in [3.05, 3.63) is 48.2 Å². The SMILES string of the molecule is C=C[SiH2]CCC(OCCC)c1ccccc1. The Kier molecular flexibility index (Phi) is 6.86. The van der Waals surface area contributed by atoms with E-state index >= 15 is 0 Å². The van der Waals surface area contributed by atoms with Crippen LogP contribution in [0.15, 0.2) is 42.6 Å². The van der Waals surface area contributed by atoms with Gasteiger partial charge in [0.05, 0.1) is 6.10 Å². The number of hydrogen-bond donors (Lipinski definition) is 0. The molecule has 0 radical (unpaired) electrons. The molecule has 1 atom stereocenters. The van der Waals surface area contributed by atoms with E-state index in [0.717, 1.165) is 19.4 Å². The summed E-state index contributed by atoms with van der Waals surface area (Å²) in [7, 11) is -0.0654. The lowest BCUT2D eigenvalue weighted by molar-refractivity contribution is 0.0505. The Balaban J connectivity index is 2.52. The molecule has 0 aliphatic heterocycles. The molecular formula is C14H22OSi. The lowest BCUT2D eigenvalue weighted by Gasteiger charge is -2.17. The molecule has 0 aliphatic carbocycles. The fraction of sp³-hybridized carbons (Fsp3) is 0.429. The van der Waals surface area contributed by atoms with Crippen LogP contribution in [-0.2, 0) is 4.74 Å². The monoisotopic (exact) mass is 234 g/mol. The van der Waals surface area contributed by atoms with E-state index in [1.165, 1.54) is 11.6 Å². The van der Waals surface area contributed by atoms with Gasteiger partial charge in [-0.25, -0.2) is 0 Å². The maximum atomic E-state index is 5.91. The molecule has 0 saturated heterocycles. The molecule has 0 spiro atoms. The Bertz CT molecular complexity index is 284. The van der Waals surface area contributed by atoms with Crippen LogP contribution >= 0.6 is 0 Å². The zero-order valence-corrected chi connectivity index (χ0v) is 11.6. The minimum Gasteiger partial charge on any atom is -0.374 e. The molecular weight excluding hydrogens is 212 g/mol. The van der Waals surface area contributed by atoms with E-state index in [-0.39, 0.29) is 15.6 Å². The molecule has 0 bridgehead atoms. The summed E-state index contributed by atoms with van der Waals surface area (Å²) in [6, 6.07) is 11.8. The molecule has 0 fully saturated rings. The van der Waals surface area contributed by atoms with Crippen molar-refractivity contribution in [2.24, 2.45) is 0 Å². The lowest BCUT2D eigenvalue weighted by Crippen LogP contribution is -2.06. The van der Waals surface area contributed by atoms with Gasteiger partial charge in [-0.15, -0.1) is 12.3 Å². The molecule has 1 rings (SSSR count). The van der Waals surface area contributed by atoms with Gasteiger partial charge in [-0.1, -0.05) is 43.3 Å². The van der Waals surface area contributed by atoms with Gasteiger partial charge in [-0.05, 0) is 18.4 Å². The highest BCUT2D eigenvalue weighted by Crippen LogP contribution is 2.22. The second-order valence-electron chi connectivity index (χ2n) is 3.99. The molecule has 88 valence electrons. The van der Waals surface area contributed by atoms with Crippen LogP contribution in [0, 0.1) is 0 Å². The third-order valence-electron chi connectivity index (χ3n) is 2.57. The van der Waals surface area contributed by atoms with Gasteiger partial charge in [-0.3, -0.25) is 0 Å². The number of hydrogen-bond acceptors (Lipinski definition) is 1. The zero-order valence-electron chi connectivity index (χ0n) is 10.2. The first-order chi connectivity index (χ1) is 7.88. The fourth-order valence-electron chi connectivity index (χ4n) is 1.72. The summed E-state index contributed by atoms with van der Waals surface area (Å²) in [6.45, 7) is 6.82. The first-order valence-corrected chi connectivity index (χ1v) is 7.97. The van der Waals surface area contributed by atoms with Gasteiger partial charge >= 0.3 is 0 Å². The number of ether oxygens (including phenoxy) is 1. The summed E-state index contributed by atoms with van der Waals surface area (Å²) in [5.41, 5.74) is 3.43. The maximum absolute atomic E-state index is 5.91. The number of rotatable bonds is 8. The van der Waals surface area contributed by atoms with Crippen molar-refractivity contribution < 1.29 is 4.74 Å². The predicted octanol–water partition coefficient (Wildman–Crippen LogP) is 3.28. The summed E-state index contributed by atoms with van der Waals surface area (Å²) < 4.78 is 5.91. The highest BCUT2D eigenvalue weighted by molar-refractivity contribution is 6.41. The lowest BCUT2D eigenvalue weighted by atomic mass is 10.1. The van der Waals surface area contributed by atoms with Gasteiger partial charge < -0.3 is 4.74 Å². The Hall–Kier alpha value is -0.863. The quantitative estimate of drug-likeness (QED) is 0.495. The summed E-state index contributed by atoms with van der Waals surface area (Å²) in [5, 5.41) is 0. The smallest absolute Gasteiger partial charge is 0.0822 e. The maximum Gasteiger partial charge on any atom is 0.0822 e. The van der Waals surface area contributed by atoms with Crippen molar-refractivity contribution >= 4 is 9.52 Å². The number of benzene rings is 1. The van der Waals surface area contributed by atoms with E-state index in [4.69, 9.17) is 4.74 Å². The van der Waals surface area contributed by atoms with Crippen LogP contribution in [0.5, 0.6) is 0 Å². The molecule has 0 N–H and O–H groups in total. The third kappa shape index (κ3) is 4.77. The Morgan fingerprint density at radius 3 is 2.75 bits per heavy atom. The predicted molar refractivity (Wildman–Crippen MR) is 73.6 cm³/mol. The molecule has 0 aliphatic rings. The minimum atomic E-state index is -0.0654. The first kappa shape index (κ1) is 13.2. The topological polar surface area (TPSA) is 9.23 Å². The van der Waals surface area contributed by atoms with Crippen molar-refractivity contribution in [3.63, 3.8) is 0 Å². The van der Waals surface area contributed by atoms with Crippen molar-refractivity contribution in [2.75, 3.05) is 6.61 Å². The Labute approximate surface area is 101 Å². The second kappa shape index (κ2) is 8.31. The van der Waals surface area contributed by atoms with Gasteiger partial charge in [-0.2, -0.15) is 0 Å². The summed E-state index contributed by atoms with van der Waals surface area (Å²) >= 11 is 0. The van der Waals surface area contributed by atoms with Crippen molar-refractivity contribution in [2.45, 2.75) is 31.9 Å². The largest absolute Gasteiger partial charge is 0.374 e. The van der Waals surface area contributed by atoms with Gasteiger partial charge in [0.1, 0.15) is 0 Å². The van der Waals surface area contributed by atoms with Gasteiger partial charge in [0.2, 0.25) is 0 Å². The van der Waals surface area contributed by atoms with E-state index in [0.29, 0.717) is 0 Å². The van der Waals surface area contributed by atoms with E-state index in [2.05, 4.69) is 49.5 Å². The summed E-state index contributed by atoms with van der Waals surface area (Å²) in [5.74, 6) is 0. The summed E-state index contributed by atoms with van der Waals surface area (Å²) in [6.07, 6.45) is 2.51. The molecule has 0 amide bonds. The third-order valence-corrected chi connectivity index (χ3v) is 3.79. The van der Waals surface area contributed by atoms with Crippen LogP contribution in [0.25, 0.3) is 0 Å². The van der Waals surface area contributed by atoms with Crippen LogP contribution in [0.4, 0.5) is 0 Å². The molecule has 1 nitrogen and oxygen atoms in total. The van der Waals surface area contributed by atoms with Crippen LogP contribution in [0.2, 0.25) is 6.04 Å². The first-order valence-electron chi connectivity index (χ1n) is 6.16. The second-order valence-corrected chi connectivity index (χ2v) is 5.85. The molecule has 0 saturated carbocycles. The molecule has 16 heavy (non-hydrogen) atoms. The van der Waals surface area contributed by atoms with E-state index in [1.54, 1.807) is 0 Å². The van der Waals surface area contributed by atoms with Gasteiger partial charge in [0, 0.05) is 16.1 Å². The average molecular weight is 234 g/mol. The van der Waals surface area contributed by atoms with Crippen molar-refractivity contribution in [1.82, 2.24) is 0 Å². The van der Waals surface area contributed by atoms with Crippen LogP contribution < -0.4 is 0 Å². The van der Waals surface area contributed by atoms with Crippen LogP contribution in [-0.4, -0.2) is 16.1 Å². The highest BCUT2D eigenvalue weighted by atomic mass is 28.2. The highest BCUT2D eigenvalue weighted by Gasteiger charge is 2.10. The van der Waals surface area contributed by atoms with Gasteiger partial charge in [0.25, 0.3) is 0 Å². The Morgan fingerprint density at radius 1 is 1.38 bits per heavy atom. The van der Waals surface area contributed by atoms with Crippen LogP contribution in [0.1, 0.15) is 31.4 Å². The van der Waals surface area contributed by atoms with Crippen molar-refractivity contribution in [3.8, 4) is 0 Å². The van der Waals surface area contributed by atoms with Crippen LogP contribution in [0.3, 0.4) is 0 Å². The minimum absolute atomic E-state index is 0.0654. The molecule has 0 heterocycles. The molecule has 1 unspecified atom stereocenters. The molecule has 2 heteroatoms. The van der Waals surface area contributed by atoms with E-state index in [9.17, 15) is 0 Å². The molecule has 1 aromatic rings. The molecule has 0 aromatic heterocycles. The van der Waals surface area contributed by atoms with Gasteiger partial charge in [0.15, 0.2) is 0 Å². The zero-order chi connectivity index (χ0) is 11.6. The normalized spacial score (nSPS) is 13.1.